The molecule has 0 aliphatic heterocycles. The van der Waals surface area contributed by atoms with Crippen molar-refractivity contribution in [1.82, 2.24) is 0 Å². The van der Waals surface area contributed by atoms with Crippen molar-refractivity contribution in [1.29, 1.82) is 0 Å². The Balaban J connectivity index is 2.86. The van der Waals surface area contributed by atoms with E-state index in [0.29, 0.717) is 6.61 Å². The van der Waals surface area contributed by atoms with E-state index in [1.807, 2.05) is 0 Å². The van der Waals surface area contributed by atoms with Crippen molar-refractivity contribution in [3.05, 3.63) is 0 Å². The first-order chi connectivity index (χ1) is 7.91. The van der Waals surface area contributed by atoms with Crippen LogP contribution < -0.4 is 0 Å². The van der Waals surface area contributed by atoms with E-state index in [0.717, 1.165) is 25.7 Å². The van der Waals surface area contributed by atoms with Gasteiger partial charge in [0, 0.05) is 19.3 Å². The lowest BCUT2D eigenvalue weighted by Crippen LogP contribution is -1.96. The Morgan fingerprint density at radius 2 is 1.50 bits per heavy atom. The molecule has 0 saturated heterocycles. The molecule has 0 saturated carbocycles. The van der Waals surface area contributed by atoms with E-state index in [1.54, 1.807) is 0 Å². The Hall–Kier alpha value is -0.250. The van der Waals surface area contributed by atoms with E-state index in [-0.39, 0.29) is 0 Å². The van der Waals surface area contributed by atoms with E-state index >= 15 is 0 Å². The van der Waals surface area contributed by atoms with Crippen molar-refractivity contribution >= 4 is 12.9 Å². The summed E-state index contributed by atoms with van der Waals surface area (Å²) >= 11 is 3.29. The second kappa shape index (κ2) is 14.8. The van der Waals surface area contributed by atoms with Gasteiger partial charge in [-0.05, 0) is 22.9 Å². The number of rotatable bonds is 12. The Bertz CT molecular complexity index is 170. The van der Waals surface area contributed by atoms with Gasteiger partial charge in [0.25, 0.3) is 0 Å². The van der Waals surface area contributed by atoms with Gasteiger partial charge in [-0.3, -0.25) is 0 Å². The smallest absolute Gasteiger partial charge is 0.0854 e. The van der Waals surface area contributed by atoms with Crippen LogP contribution in [-0.2, 0) is 19.3 Å². The van der Waals surface area contributed by atoms with E-state index in [4.69, 9.17) is 6.42 Å². The molecular formula is C11H20O4S. The van der Waals surface area contributed by atoms with Crippen LogP contribution in [0.1, 0.15) is 51.4 Å². The molecule has 4 nitrogen and oxygen atoms in total. The summed E-state index contributed by atoms with van der Waals surface area (Å²) in [5.74, 6) is 2.65. The number of hydrogen-bond acceptors (Lipinski definition) is 5. The maximum Gasteiger partial charge on any atom is 0.0854 e. The zero-order valence-electron chi connectivity index (χ0n) is 9.52. The zero-order chi connectivity index (χ0) is 11.9. The summed E-state index contributed by atoms with van der Waals surface area (Å²) in [5, 5.41) is 8.08. The van der Waals surface area contributed by atoms with Crippen molar-refractivity contribution in [2.75, 3.05) is 6.61 Å². The Labute approximate surface area is 103 Å². The van der Waals surface area contributed by atoms with Gasteiger partial charge in [-0.1, -0.05) is 32.1 Å². The van der Waals surface area contributed by atoms with Gasteiger partial charge in [-0.2, -0.15) is 0 Å². The summed E-state index contributed by atoms with van der Waals surface area (Å²) < 4.78 is 3.87. The predicted molar refractivity (Wildman–Crippen MR) is 64.0 cm³/mol. The Kier molecular flexibility index (Phi) is 14.5. The fourth-order valence-electron chi connectivity index (χ4n) is 1.34. The van der Waals surface area contributed by atoms with Gasteiger partial charge in [-0.15, -0.1) is 16.7 Å². The van der Waals surface area contributed by atoms with Gasteiger partial charge < -0.3 is 0 Å². The summed E-state index contributed by atoms with van der Waals surface area (Å²) in [7, 11) is 0. The molecule has 0 rings (SSSR count). The van der Waals surface area contributed by atoms with E-state index < -0.39 is 0 Å². The maximum absolute atomic E-state index is 5.16. The molecular weight excluding hydrogens is 228 g/mol. The SMILES string of the molecule is C#CCCCCCCCCCOOOOS. The molecule has 16 heavy (non-hydrogen) atoms. The van der Waals surface area contributed by atoms with Gasteiger partial charge >= 0.3 is 0 Å². The molecule has 0 aromatic carbocycles. The molecule has 0 heterocycles. The highest BCUT2D eigenvalue weighted by molar-refractivity contribution is 7.74. The lowest BCUT2D eigenvalue weighted by molar-refractivity contribution is -0.604. The van der Waals surface area contributed by atoms with Crippen LogP contribution in [0, 0.1) is 12.3 Å². The first-order valence-electron chi connectivity index (χ1n) is 5.61. The molecule has 0 amide bonds. The number of thiol groups is 1. The molecule has 0 spiro atoms. The average Bonchev–Trinajstić information content (AvgIpc) is 2.31. The second-order valence-corrected chi connectivity index (χ2v) is 3.61. The first kappa shape index (κ1) is 15.8. The molecule has 0 fully saturated rings. The normalized spacial score (nSPS) is 10.2. The maximum atomic E-state index is 5.16. The van der Waals surface area contributed by atoms with Crippen LogP contribution in [-0.4, -0.2) is 6.61 Å². The van der Waals surface area contributed by atoms with Gasteiger partial charge in [0.15, 0.2) is 0 Å². The lowest BCUT2D eigenvalue weighted by Gasteiger charge is -2.01. The minimum Gasteiger partial charge on any atom is -0.204 e. The number of terminal acetylenes is 1. The average molecular weight is 248 g/mol. The molecule has 0 N–H and O–H groups in total. The molecule has 0 aromatic rings. The third-order valence-electron chi connectivity index (χ3n) is 2.16. The topological polar surface area (TPSA) is 36.9 Å². The van der Waals surface area contributed by atoms with Crippen LogP contribution in [0.15, 0.2) is 0 Å². The van der Waals surface area contributed by atoms with Crippen molar-refractivity contribution in [2.24, 2.45) is 0 Å². The Morgan fingerprint density at radius 3 is 2.12 bits per heavy atom. The molecule has 0 aliphatic rings. The largest absolute Gasteiger partial charge is 0.204 e. The highest BCUT2D eigenvalue weighted by Crippen LogP contribution is 2.08. The molecule has 0 aromatic heterocycles. The number of hydrogen-bond donors (Lipinski definition) is 1. The standard InChI is InChI=1S/C11H20O4S/c1-2-3-4-5-6-7-8-9-10-11-12-13-14-15-16/h1,16H,3-11H2. The minimum atomic E-state index is 0.494. The Morgan fingerprint density at radius 1 is 0.875 bits per heavy atom. The van der Waals surface area contributed by atoms with Crippen LogP contribution in [0.5, 0.6) is 0 Å². The monoisotopic (exact) mass is 248 g/mol. The van der Waals surface area contributed by atoms with Gasteiger partial charge in [0.1, 0.15) is 0 Å². The first-order valence-corrected chi connectivity index (χ1v) is 5.98. The van der Waals surface area contributed by atoms with Gasteiger partial charge in [0.2, 0.25) is 0 Å². The molecule has 94 valence electrons. The van der Waals surface area contributed by atoms with Crippen molar-refractivity contribution < 1.29 is 19.3 Å². The quantitative estimate of drug-likeness (QED) is 0.143. The highest BCUT2D eigenvalue weighted by Gasteiger charge is 1.93. The van der Waals surface area contributed by atoms with Gasteiger partial charge in [0.05, 0.1) is 6.61 Å². The van der Waals surface area contributed by atoms with Gasteiger partial charge in [-0.25, -0.2) is 4.89 Å². The minimum absolute atomic E-state index is 0.494. The van der Waals surface area contributed by atoms with Crippen molar-refractivity contribution in [2.45, 2.75) is 51.4 Å². The molecule has 0 aliphatic carbocycles. The predicted octanol–water partition coefficient (Wildman–Crippen LogP) is 3.40. The second-order valence-electron chi connectivity index (χ2n) is 3.46. The molecule has 0 atom stereocenters. The number of unbranched alkanes of at least 4 members (excludes halogenated alkanes) is 7. The van der Waals surface area contributed by atoms with Crippen LogP contribution in [0.3, 0.4) is 0 Å². The van der Waals surface area contributed by atoms with Crippen LogP contribution in [0.25, 0.3) is 0 Å². The van der Waals surface area contributed by atoms with Crippen molar-refractivity contribution in [3.63, 3.8) is 0 Å². The summed E-state index contributed by atoms with van der Waals surface area (Å²) in [6.45, 7) is 0.494. The van der Waals surface area contributed by atoms with E-state index in [9.17, 15) is 0 Å². The van der Waals surface area contributed by atoms with E-state index in [1.165, 1.54) is 25.7 Å². The van der Waals surface area contributed by atoms with Crippen LogP contribution in [0.4, 0.5) is 0 Å². The molecule has 0 bridgehead atoms. The zero-order valence-corrected chi connectivity index (χ0v) is 10.4. The third kappa shape index (κ3) is 13.8. The summed E-state index contributed by atoms with van der Waals surface area (Å²) in [5.41, 5.74) is 0. The molecule has 0 radical (unpaired) electrons. The summed E-state index contributed by atoms with van der Waals surface area (Å²) in [6, 6.07) is 0. The molecule has 0 unspecified atom stereocenters. The van der Waals surface area contributed by atoms with Crippen molar-refractivity contribution in [3.8, 4) is 12.3 Å². The summed E-state index contributed by atoms with van der Waals surface area (Å²) in [4.78, 5) is 4.62. The third-order valence-corrected chi connectivity index (χ3v) is 2.22. The highest BCUT2D eigenvalue weighted by atomic mass is 32.1. The van der Waals surface area contributed by atoms with E-state index in [2.05, 4.69) is 38.1 Å². The van der Waals surface area contributed by atoms with Crippen LogP contribution in [0.2, 0.25) is 0 Å². The summed E-state index contributed by atoms with van der Waals surface area (Å²) in [6.07, 6.45) is 14.2. The fourth-order valence-corrected chi connectivity index (χ4v) is 1.36. The fraction of sp³-hybridized carbons (Fsp3) is 0.818. The van der Waals surface area contributed by atoms with Crippen LogP contribution >= 0.6 is 12.9 Å². The lowest BCUT2D eigenvalue weighted by atomic mass is 10.1. The molecule has 5 heteroatoms.